The lowest BCUT2D eigenvalue weighted by Gasteiger charge is -1.84. The van der Waals surface area contributed by atoms with Gasteiger partial charge in [-0.1, -0.05) is 22.6 Å². The zero-order chi connectivity index (χ0) is 6.24. The van der Waals surface area contributed by atoms with Gasteiger partial charge in [-0.05, 0) is 6.42 Å². The van der Waals surface area contributed by atoms with Crippen LogP contribution in [0, 0.1) is 0 Å². The van der Waals surface area contributed by atoms with Gasteiger partial charge in [0, 0.05) is 23.1 Å². The summed E-state index contributed by atoms with van der Waals surface area (Å²) in [7, 11) is 0. The molecule has 0 aromatic rings. The number of alkyl halides is 2. The third kappa shape index (κ3) is 6.69. The van der Waals surface area contributed by atoms with Crippen LogP contribution in [0.4, 0.5) is 0 Å². The lowest BCUT2D eigenvalue weighted by Crippen LogP contribution is -1.82. The molecule has 0 radical (unpaired) electrons. The maximum absolute atomic E-state index is 5.40. The molecule has 0 aliphatic heterocycles. The largest absolute Gasteiger partial charge is 0.297 e. The molecule has 0 aromatic carbocycles. The van der Waals surface area contributed by atoms with Crippen LogP contribution in [0.25, 0.3) is 0 Å². The predicted molar refractivity (Wildman–Crippen MR) is 47.6 cm³/mol. The van der Waals surface area contributed by atoms with Gasteiger partial charge >= 0.3 is 0 Å². The Kier molecular flexibility index (Phi) is 8.35. The topological polar surface area (TPSA) is 12.4 Å². The highest BCUT2D eigenvalue weighted by Crippen LogP contribution is 1.84. The van der Waals surface area contributed by atoms with Crippen molar-refractivity contribution < 1.29 is 0 Å². The predicted octanol–water partition coefficient (Wildman–Crippen LogP) is 2.12. The zero-order valence-electron chi connectivity index (χ0n) is 4.61. The molecule has 0 atom stereocenters. The molecular formula is C5H9ClIN. The molecule has 0 heterocycles. The maximum Gasteiger partial charge on any atom is 0.0397 e. The van der Waals surface area contributed by atoms with Gasteiger partial charge in [-0.3, -0.25) is 4.99 Å². The van der Waals surface area contributed by atoms with Gasteiger partial charge in [0.05, 0.1) is 0 Å². The first-order valence-electron chi connectivity index (χ1n) is 2.52. The second-order valence-corrected chi connectivity index (χ2v) is 2.54. The lowest BCUT2D eigenvalue weighted by molar-refractivity contribution is 0.943. The van der Waals surface area contributed by atoms with Crippen LogP contribution in [0.3, 0.4) is 0 Å². The fraction of sp³-hybridized carbons (Fsp3) is 0.800. The lowest BCUT2D eigenvalue weighted by atomic mass is 10.5. The minimum absolute atomic E-state index is 0.721. The number of nitrogens with zero attached hydrogens (tertiary/aromatic N) is 1. The van der Waals surface area contributed by atoms with Crippen molar-refractivity contribution in [2.24, 2.45) is 4.99 Å². The Hall–Kier alpha value is 0.690. The standard InChI is InChI=1S/C5H9ClIN/c6-2-1-4-8-5-3-7/h5H,1-4H2. The van der Waals surface area contributed by atoms with E-state index in [-0.39, 0.29) is 0 Å². The first-order chi connectivity index (χ1) is 3.91. The van der Waals surface area contributed by atoms with E-state index in [9.17, 15) is 0 Å². The molecule has 0 spiro atoms. The quantitative estimate of drug-likeness (QED) is 0.311. The summed E-state index contributed by atoms with van der Waals surface area (Å²) in [5.41, 5.74) is 0. The summed E-state index contributed by atoms with van der Waals surface area (Å²) in [5, 5.41) is 0. The number of rotatable bonds is 4. The Bertz CT molecular complexity index is 65.4. The number of aliphatic imine (C=N–C) groups is 1. The molecule has 8 heavy (non-hydrogen) atoms. The zero-order valence-corrected chi connectivity index (χ0v) is 7.52. The molecule has 0 saturated heterocycles. The fourth-order valence-corrected chi connectivity index (χ4v) is 0.689. The van der Waals surface area contributed by atoms with E-state index >= 15 is 0 Å². The molecule has 0 rings (SSSR count). The van der Waals surface area contributed by atoms with E-state index < -0.39 is 0 Å². The van der Waals surface area contributed by atoms with Crippen LogP contribution >= 0.6 is 34.2 Å². The molecule has 0 aromatic heterocycles. The van der Waals surface area contributed by atoms with Gasteiger partial charge in [0.1, 0.15) is 0 Å². The monoisotopic (exact) mass is 245 g/mol. The Morgan fingerprint density at radius 1 is 1.62 bits per heavy atom. The molecule has 0 aliphatic rings. The summed E-state index contributed by atoms with van der Waals surface area (Å²) < 4.78 is 1.00. The molecule has 0 bridgehead atoms. The molecule has 0 fully saturated rings. The van der Waals surface area contributed by atoms with Crippen molar-refractivity contribution in [2.75, 3.05) is 16.9 Å². The number of hydrogen-bond acceptors (Lipinski definition) is 1. The van der Waals surface area contributed by atoms with Gasteiger partial charge in [0.25, 0.3) is 0 Å². The first kappa shape index (κ1) is 8.69. The summed E-state index contributed by atoms with van der Waals surface area (Å²) in [6.45, 7) is 0.881. The fourth-order valence-electron chi connectivity index (χ4n) is 0.291. The third-order valence-corrected chi connectivity index (χ3v) is 1.28. The minimum Gasteiger partial charge on any atom is -0.297 e. The number of halogens is 2. The highest BCUT2D eigenvalue weighted by Gasteiger charge is 1.76. The van der Waals surface area contributed by atoms with Crippen molar-refractivity contribution in [3.05, 3.63) is 0 Å². The van der Waals surface area contributed by atoms with Crippen LogP contribution in [0.1, 0.15) is 6.42 Å². The van der Waals surface area contributed by atoms with E-state index in [1.165, 1.54) is 0 Å². The summed E-state index contributed by atoms with van der Waals surface area (Å²) in [5.74, 6) is 0.721. The van der Waals surface area contributed by atoms with E-state index in [1.807, 2.05) is 6.21 Å². The summed E-state index contributed by atoms with van der Waals surface area (Å²) >= 11 is 7.66. The summed E-state index contributed by atoms with van der Waals surface area (Å²) in [6.07, 6.45) is 2.90. The molecule has 0 aliphatic carbocycles. The molecule has 0 N–H and O–H groups in total. The average Bonchev–Trinajstić information content (AvgIpc) is 1.81. The van der Waals surface area contributed by atoms with Crippen molar-refractivity contribution >= 4 is 40.4 Å². The summed E-state index contributed by atoms with van der Waals surface area (Å²) in [4.78, 5) is 4.06. The van der Waals surface area contributed by atoms with E-state index in [4.69, 9.17) is 11.6 Å². The molecule has 1 nitrogen and oxygen atoms in total. The highest BCUT2D eigenvalue weighted by atomic mass is 127. The van der Waals surface area contributed by atoms with Crippen LogP contribution in [0.15, 0.2) is 4.99 Å². The van der Waals surface area contributed by atoms with E-state index in [1.54, 1.807) is 0 Å². The smallest absolute Gasteiger partial charge is 0.0397 e. The summed E-state index contributed by atoms with van der Waals surface area (Å²) in [6, 6.07) is 0. The molecule has 0 saturated carbocycles. The van der Waals surface area contributed by atoms with Gasteiger partial charge in [0.15, 0.2) is 0 Å². The molecule has 3 heteroatoms. The van der Waals surface area contributed by atoms with Crippen LogP contribution in [-0.4, -0.2) is 23.1 Å². The highest BCUT2D eigenvalue weighted by molar-refractivity contribution is 14.1. The maximum atomic E-state index is 5.40. The second kappa shape index (κ2) is 7.69. The van der Waals surface area contributed by atoms with Crippen molar-refractivity contribution in [1.29, 1.82) is 0 Å². The van der Waals surface area contributed by atoms with E-state index in [2.05, 4.69) is 27.6 Å². The Morgan fingerprint density at radius 2 is 2.38 bits per heavy atom. The number of hydrogen-bond donors (Lipinski definition) is 0. The molecule has 0 unspecified atom stereocenters. The second-order valence-electron chi connectivity index (χ2n) is 1.29. The van der Waals surface area contributed by atoms with E-state index in [0.717, 1.165) is 23.3 Å². The van der Waals surface area contributed by atoms with Crippen LogP contribution < -0.4 is 0 Å². The van der Waals surface area contributed by atoms with Crippen molar-refractivity contribution in [1.82, 2.24) is 0 Å². The van der Waals surface area contributed by atoms with Crippen LogP contribution in [0.2, 0.25) is 0 Å². The minimum atomic E-state index is 0.721. The first-order valence-corrected chi connectivity index (χ1v) is 4.58. The van der Waals surface area contributed by atoms with E-state index in [0.29, 0.717) is 0 Å². The van der Waals surface area contributed by atoms with Gasteiger partial charge in [0.2, 0.25) is 0 Å². The van der Waals surface area contributed by atoms with Crippen molar-refractivity contribution in [2.45, 2.75) is 6.42 Å². The van der Waals surface area contributed by atoms with Crippen LogP contribution in [0.5, 0.6) is 0 Å². The third-order valence-electron chi connectivity index (χ3n) is 0.619. The molecule has 48 valence electrons. The van der Waals surface area contributed by atoms with Gasteiger partial charge in [-0.25, -0.2) is 0 Å². The average molecular weight is 245 g/mol. The van der Waals surface area contributed by atoms with Crippen molar-refractivity contribution in [3.63, 3.8) is 0 Å². The van der Waals surface area contributed by atoms with Crippen molar-refractivity contribution in [3.8, 4) is 0 Å². The van der Waals surface area contributed by atoms with Gasteiger partial charge in [-0.15, -0.1) is 11.6 Å². The SMILES string of the molecule is ClCCCN=CCI. The van der Waals surface area contributed by atoms with Gasteiger partial charge < -0.3 is 0 Å². The normalized spacial score (nSPS) is 10.8. The molecule has 0 amide bonds. The molecular weight excluding hydrogens is 236 g/mol. The van der Waals surface area contributed by atoms with Gasteiger partial charge in [-0.2, -0.15) is 0 Å². The Labute approximate surface area is 68.7 Å². The Morgan fingerprint density at radius 3 is 2.88 bits per heavy atom. The van der Waals surface area contributed by atoms with Crippen LogP contribution in [-0.2, 0) is 0 Å². The Balaban J connectivity index is 2.80.